The summed E-state index contributed by atoms with van der Waals surface area (Å²) in [7, 11) is 1.95. The number of allylic oxidation sites excluding steroid dienone is 1. The van der Waals surface area contributed by atoms with Crippen molar-refractivity contribution in [3.05, 3.63) is 64.7 Å². The molecule has 0 unspecified atom stereocenters. The van der Waals surface area contributed by atoms with Gasteiger partial charge in [-0.05, 0) is 54.7 Å². The van der Waals surface area contributed by atoms with E-state index in [0.717, 1.165) is 23.0 Å². The maximum atomic E-state index is 5.97. The molecule has 0 atom stereocenters. The lowest BCUT2D eigenvalue weighted by molar-refractivity contribution is 0.965. The van der Waals surface area contributed by atoms with Gasteiger partial charge in [0.2, 0.25) is 5.95 Å². The molecule has 118 valence electrons. The second-order valence-corrected chi connectivity index (χ2v) is 6.36. The summed E-state index contributed by atoms with van der Waals surface area (Å²) >= 11 is 0. The number of rotatable bonds is 3. The van der Waals surface area contributed by atoms with Gasteiger partial charge in [0.25, 0.3) is 0 Å². The molecule has 0 bridgehead atoms. The van der Waals surface area contributed by atoms with Crippen molar-refractivity contribution in [3.8, 4) is 0 Å². The highest BCUT2D eigenvalue weighted by molar-refractivity contribution is 5.82. The summed E-state index contributed by atoms with van der Waals surface area (Å²) in [5.74, 6) is 0.554. The molecule has 3 heteroatoms. The second kappa shape index (κ2) is 5.58. The van der Waals surface area contributed by atoms with Crippen LogP contribution in [-0.4, -0.2) is 9.55 Å². The number of nitrogens with two attached hydrogens (primary N) is 1. The zero-order valence-electron chi connectivity index (χ0n) is 14.3. The molecule has 3 nitrogen and oxygen atoms in total. The molecule has 0 radical (unpaired) electrons. The van der Waals surface area contributed by atoms with Crippen molar-refractivity contribution >= 4 is 22.6 Å². The van der Waals surface area contributed by atoms with E-state index in [2.05, 4.69) is 55.7 Å². The Morgan fingerprint density at radius 1 is 1.22 bits per heavy atom. The first-order chi connectivity index (χ1) is 10.9. The van der Waals surface area contributed by atoms with Gasteiger partial charge in [0.1, 0.15) is 0 Å². The molecule has 0 amide bonds. The molecule has 2 N–H and O–H groups in total. The summed E-state index contributed by atoms with van der Waals surface area (Å²) in [5.41, 5.74) is 15.5. The normalized spacial score (nSPS) is 11.1. The number of imidazole rings is 1. The van der Waals surface area contributed by atoms with Crippen LogP contribution >= 0.6 is 0 Å². The highest BCUT2D eigenvalue weighted by Crippen LogP contribution is 2.27. The number of aromatic nitrogens is 2. The van der Waals surface area contributed by atoms with Crippen molar-refractivity contribution in [1.82, 2.24) is 9.55 Å². The highest BCUT2D eigenvalue weighted by atomic mass is 15.1. The average molecular weight is 305 g/mol. The van der Waals surface area contributed by atoms with Crippen LogP contribution in [0.15, 0.2) is 36.9 Å². The van der Waals surface area contributed by atoms with E-state index in [1.165, 1.54) is 27.8 Å². The third-order valence-electron chi connectivity index (χ3n) is 4.59. The Bertz CT molecular complexity index is 893. The topological polar surface area (TPSA) is 43.8 Å². The first kappa shape index (κ1) is 15.3. The Hall–Kier alpha value is -2.55. The SMILES string of the molecule is C=C(C)c1cc(C)c(Cc2cccc3c2nc(N)n3C)c(C)c1. The monoisotopic (exact) mass is 305 g/mol. The molecule has 0 aliphatic carbocycles. The third-order valence-corrected chi connectivity index (χ3v) is 4.59. The number of aryl methyl sites for hydroxylation is 3. The van der Waals surface area contributed by atoms with E-state index >= 15 is 0 Å². The van der Waals surface area contributed by atoms with Gasteiger partial charge in [-0.1, -0.05) is 36.4 Å². The van der Waals surface area contributed by atoms with Crippen LogP contribution in [0.5, 0.6) is 0 Å². The van der Waals surface area contributed by atoms with Crippen molar-refractivity contribution in [2.75, 3.05) is 5.73 Å². The van der Waals surface area contributed by atoms with Gasteiger partial charge in [-0.3, -0.25) is 0 Å². The molecule has 1 heterocycles. The fourth-order valence-corrected chi connectivity index (χ4v) is 3.14. The summed E-state index contributed by atoms with van der Waals surface area (Å²) in [6.07, 6.45) is 0.863. The summed E-state index contributed by atoms with van der Waals surface area (Å²) in [5, 5.41) is 0. The van der Waals surface area contributed by atoms with Gasteiger partial charge >= 0.3 is 0 Å². The number of nitrogens with zero attached hydrogens (tertiary/aromatic N) is 2. The maximum Gasteiger partial charge on any atom is 0.200 e. The quantitative estimate of drug-likeness (QED) is 0.779. The van der Waals surface area contributed by atoms with E-state index in [-0.39, 0.29) is 0 Å². The van der Waals surface area contributed by atoms with Gasteiger partial charge in [-0.2, -0.15) is 0 Å². The predicted molar refractivity (Wildman–Crippen MR) is 98.6 cm³/mol. The van der Waals surface area contributed by atoms with Gasteiger partial charge in [0.15, 0.2) is 0 Å². The zero-order valence-corrected chi connectivity index (χ0v) is 14.3. The molecule has 0 fully saturated rings. The van der Waals surface area contributed by atoms with E-state index in [4.69, 9.17) is 5.73 Å². The molecule has 0 saturated heterocycles. The van der Waals surface area contributed by atoms with E-state index in [1.54, 1.807) is 0 Å². The van der Waals surface area contributed by atoms with Crippen LogP contribution < -0.4 is 5.73 Å². The van der Waals surface area contributed by atoms with E-state index in [0.29, 0.717) is 5.95 Å². The Balaban J connectivity index is 2.10. The Morgan fingerprint density at radius 2 is 1.87 bits per heavy atom. The molecular formula is C20H23N3. The van der Waals surface area contributed by atoms with E-state index < -0.39 is 0 Å². The minimum atomic E-state index is 0.554. The number of nitrogen functional groups attached to an aromatic ring is 1. The van der Waals surface area contributed by atoms with Gasteiger partial charge in [0.05, 0.1) is 11.0 Å². The number of fused-ring (bicyclic) bond motifs is 1. The first-order valence-electron chi connectivity index (χ1n) is 7.84. The minimum Gasteiger partial charge on any atom is -0.369 e. The van der Waals surface area contributed by atoms with Crippen molar-refractivity contribution in [1.29, 1.82) is 0 Å². The molecule has 2 aromatic carbocycles. The fraction of sp³-hybridized carbons (Fsp3) is 0.250. The molecule has 1 aromatic heterocycles. The number of para-hydroxylation sites is 1. The molecule has 3 aromatic rings. The van der Waals surface area contributed by atoms with Crippen LogP contribution in [0.2, 0.25) is 0 Å². The van der Waals surface area contributed by atoms with Gasteiger partial charge in [0, 0.05) is 13.5 Å². The second-order valence-electron chi connectivity index (χ2n) is 6.36. The lowest BCUT2D eigenvalue weighted by Crippen LogP contribution is -1.98. The summed E-state index contributed by atoms with van der Waals surface area (Å²) in [6.45, 7) is 10.4. The standard InChI is InChI=1S/C20H23N3/c1-12(2)16-9-13(3)17(14(4)10-16)11-15-7-6-8-18-19(15)22-20(21)23(18)5/h6-10H,1,11H2,2-5H3,(H2,21,22). The number of hydrogen-bond donors (Lipinski definition) is 1. The van der Waals surface area contributed by atoms with Crippen LogP contribution in [-0.2, 0) is 13.5 Å². The summed E-state index contributed by atoms with van der Waals surface area (Å²) in [4.78, 5) is 4.54. The molecule has 0 aliphatic heterocycles. The van der Waals surface area contributed by atoms with E-state index in [9.17, 15) is 0 Å². The van der Waals surface area contributed by atoms with Gasteiger partial charge in [-0.15, -0.1) is 0 Å². The fourth-order valence-electron chi connectivity index (χ4n) is 3.14. The largest absolute Gasteiger partial charge is 0.369 e. The highest BCUT2D eigenvalue weighted by Gasteiger charge is 2.12. The molecule has 23 heavy (non-hydrogen) atoms. The van der Waals surface area contributed by atoms with Gasteiger partial charge < -0.3 is 10.3 Å². The van der Waals surface area contributed by atoms with Crippen LogP contribution in [0.3, 0.4) is 0 Å². The number of hydrogen-bond acceptors (Lipinski definition) is 2. The van der Waals surface area contributed by atoms with Crippen LogP contribution in [0, 0.1) is 13.8 Å². The average Bonchev–Trinajstić information content (AvgIpc) is 2.79. The molecular weight excluding hydrogens is 282 g/mol. The lowest BCUT2D eigenvalue weighted by atomic mass is 9.92. The van der Waals surface area contributed by atoms with Crippen LogP contribution in [0.25, 0.3) is 16.6 Å². The minimum absolute atomic E-state index is 0.554. The predicted octanol–water partition coefficient (Wildman–Crippen LogP) is 4.40. The van der Waals surface area contributed by atoms with Crippen molar-refractivity contribution in [3.63, 3.8) is 0 Å². The maximum absolute atomic E-state index is 5.97. The third kappa shape index (κ3) is 2.63. The number of benzene rings is 2. The zero-order chi connectivity index (χ0) is 16.7. The van der Waals surface area contributed by atoms with Crippen molar-refractivity contribution in [2.45, 2.75) is 27.2 Å². The first-order valence-corrected chi connectivity index (χ1v) is 7.84. The van der Waals surface area contributed by atoms with Crippen molar-refractivity contribution in [2.24, 2.45) is 7.05 Å². The van der Waals surface area contributed by atoms with Crippen molar-refractivity contribution < 1.29 is 0 Å². The Kier molecular flexibility index (Phi) is 3.72. The summed E-state index contributed by atoms with van der Waals surface area (Å²) in [6, 6.07) is 10.7. The summed E-state index contributed by atoms with van der Waals surface area (Å²) < 4.78 is 1.93. The smallest absolute Gasteiger partial charge is 0.200 e. The molecule has 0 spiro atoms. The lowest BCUT2D eigenvalue weighted by Gasteiger charge is -2.13. The molecule has 3 rings (SSSR count). The Labute approximate surface area is 137 Å². The van der Waals surface area contributed by atoms with Crippen LogP contribution in [0.1, 0.15) is 34.7 Å². The number of anilines is 1. The molecule has 0 saturated carbocycles. The molecule has 0 aliphatic rings. The van der Waals surface area contributed by atoms with E-state index in [1.807, 2.05) is 18.5 Å². The van der Waals surface area contributed by atoms with Crippen LogP contribution in [0.4, 0.5) is 5.95 Å². The Morgan fingerprint density at radius 3 is 2.48 bits per heavy atom. The van der Waals surface area contributed by atoms with Gasteiger partial charge in [-0.25, -0.2) is 4.98 Å².